The van der Waals surface area contributed by atoms with Crippen LogP contribution in [0.3, 0.4) is 0 Å². The minimum Gasteiger partial charge on any atom is -0.496 e. The molecular weight excluding hydrogens is 286 g/mol. The maximum absolute atomic E-state index is 6.29. The SMILES string of the molecule is CCOc1ccc(C(N)Cc2cc(Cl)ccc2OC)cc1. The van der Waals surface area contributed by atoms with Crippen molar-refractivity contribution < 1.29 is 9.47 Å². The van der Waals surface area contributed by atoms with Crippen LogP contribution in [-0.2, 0) is 6.42 Å². The molecule has 4 heteroatoms. The summed E-state index contributed by atoms with van der Waals surface area (Å²) in [5, 5.41) is 0.685. The van der Waals surface area contributed by atoms with Crippen LogP contribution in [0.4, 0.5) is 0 Å². The minimum absolute atomic E-state index is 0.118. The summed E-state index contributed by atoms with van der Waals surface area (Å²) in [7, 11) is 1.65. The molecule has 0 radical (unpaired) electrons. The van der Waals surface area contributed by atoms with E-state index in [4.69, 9.17) is 26.8 Å². The molecule has 2 rings (SSSR count). The summed E-state index contributed by atoms with van der Waals surface area (Å²) in [6.07, 6.45) is 0.664. The Balaban J connectivity index is 2.13. The number of ether oxygens (including phenoxy) is 2. The highest BCUT2D eigenvalue weighted by molar-refractivity contribution is 6.30. The molecular formula is C17H20ClNO2. The van der Waals surface area contributed by atoms with Crippen molar-refractivity contribution >= 4 is 11.6 Å². The Kier molecular flexibility index (Phi) is 5.48. The Hall–Kier alpha value is -1.71. The van der Waals surface area contributed by atoms with E-state index in [2.05, 4.69) is 0 Å². The maximum Gasteiger partial charge on any atom is 0.122 e. The lowest BCUT2D eigenvalue weighted by molar-refractivity contribution is 0.340. The number of halogens is 1. The smallest absolute Gasteiger partial charge is 0.122 e. The van der Waals surface area contributed by atoms with Gasteiger partial charge in [0.05, 0.1) is 13.7 Å². The van der Waals surface area contributed by atoms with E-state index >= 15 is 0 Å². The number of methoxy groups -OCH3 is 1. The number of benzene rings is 2. The van der Waals surface area contributed by atoms with Gasteiger partial charge in [-0.2, -0.15) is 0 Å². The molecule has 0 fully saturated rings. The largest absolute Gasteiger partial charge is 0.496 e. The normalized spacial score (nSPS) is 12.0. The molecule has 0 aliphatic carbocycles. The van der Waals surface area contributed by atoms with Crippen molar-refractivity contribution in [3.8, 4) is 11.5 Å². The van der Waals surface area contributed by atoms with Crippen molar-refractivity contribution in [2.75, 3.05) is 13.7 Å². The van der Waals surface area contributed by atoms with Crippen molar-refractivity contribution in [1.82, 2.24) is 0 Å². The second-order valence-corrected chi connectivity index (χ2v) is 5.21. The summed E-state index contributed by atoms with van der Waals surface area (Å²) in [4.78, 5) is 0. The molecule has 2 aromatic rings. The van der Waals surface area contributed by atoms with Gasteiger partial charge in [-0.05, 0) is 54.8 Å². The highest BCUT2D eigenvalue weighted by Gasteiger charge is 2.11. The van der Waals surface area contributed by atoms with E-state index in [1.54, 1.807) is 7.11 Å². The van der Waals surface area contributed by atoms with Crippen LogP contribution < -0.4 is 15.2 Å². The van der Waals surface area contributed by atoms with Gasteiger partial charge < -0.3 is 15.2 Å². The highest BCUT2D eigenvalue weighted by atomic mass is 35.5. The monoisotopic (exact) mass is 305 g/mol. The third kappa shape index (κ3) is 4.13. The second kappa shape index (κ2) is 7.34. The molecule has 21 heavy (non-hydrogen) atoms. The van der Waals surface area contributed by atoms with Crippen molar-refractivity contribution in [2.45, 2.75) is 19.4 Å². The van der Waals surface area contributed by atoms with E-state index in [1.165, 1.54) is 0 Å². The first-order valence-corrected chi connectivity index (χ1v) is 7.32. The van der Waals surface area contributed by atoms with Crippen LogP contribution >= 0.6 is 11.6 Å². The van der Waals surface area contributed by atoms with Crippen LogP contribution in [0.2, 0.25) is 5.02 Å². The predicted octanol–water partition coefficient (Wildman–Crippen LogP) is 3.99. The molecule has 0 amide bonds. The Morgan fingerprint density at radius 3 is 2.48 bits per heavy atom. The first-order chi connectivity index (χ1) is 10.1. The van der Waals surface area contributed by atoms with E-state index in [-0.39, 0.29) is 6.04 Å². The van der Waals surface area contributed by atoms with Gasteiger partial charge in [-0.15, -0.1) is 0 Å². The van der Waals surface area contributed by atoms with Gasteiger partial charge in [0, 0.05) is 11.1 Å². The van der Waals surface area contributed by atoms with Gasteiger partial charge in [0.1, 0.15) is 11.5 Å². The third-order valence-corrected chi connectivity index (χ3v) is 3.54. The zero-order valence-corrected chi connectivity index (χ0v) is 13.1. The molecule has 112 valence electrons. The first-order valence-electron chi connectivity index (χ1n) is 6.94. The van der Waals surface area contributed by atoms with E-state index in [9.17, 15) is 0 Å². The quantitative estimate of drug-likeness (QED) is 0.877. The minimum atomic E-state index is -0.118. The van der Waals surface area contributed by atoms with Gasteiger partial charge in [0.2, 0.25) is 0 Å². The van der Waals surface area contributed by atoms with Crippen molar-refractivity contribution in [1.29, 1.82) is 0 Å². The summed E-state index contributed by atoms with van der Waals surface area (Å²) >= 11 is 6.05. The zero-order valence-electron chi connectivity index (χ0n) is 12.3. The van der Waals surface area contributed by atoms with E-state index < -0.39 is 0 Å². The average molecular weight is 306 g/mol. The Labute approximate surface area is 130 Å². The molecule has 0 heterocycles. The van der Waals surface area contributed by atoms with Crippen molar-refractivity contribution in [2.24, 2.45) is 5.73 Å². The lowest BCUT2D eigenvalue weighted by atomic mass is 9.99. The number of nitrogens with two attached hydrogens (primary N) is 1. The van der Waals surface area contributed by atoms with Gasteiger partial charge in [-0.25, -0.2) is 0 Å². The number of rotatable bonds is 6. The Morgan fingerprint density at radius 2 is 1.86 bits per heavy atom. The van der Waals surface area contributed by atoms with Gasteiger partial charge in [-0.1, -0.05) is 23.7 Å². The molecule has 0 spiro atoms. The van der Waals surface area contributed by atoms with Crippen molar-refractivity contribution in [3.05, 3.63) is 58.6 Å². The number of hydrogen-bond donors (Lipinski definition) is 1. The van der Waals surface area contributed by atoms with Gasteiger partial charge >= 0.3 is 0 Å². The van der Waals surface area contributed by atoms with Crippen LogP contribution in [0.5, 0.6) is 11.5 Å². The van der Waals surface area contributed by atoms with E-state index in [1.807, 2.05) is 49.4 Å². The highest BCUT2D eigenvalue weighted by Crippen LogP contribution is 2.27. The lowest BCUT2D eigenvalue weighted by Crippen LogP contribution is -2.13. The zero-order chi connectivity index (χ0) is 15.2. The van der Waals surface area contributed by atoms with Crippen molar-refractivity contribution in [3.63, 3.8) is 0 Å². The van der Waals surface area contributed by atoms with E-state index in [0.717, 1.165) is 22.6 Å². The molecule has 2 aromatic carbocycles. The molecule has 2 N–H and O–H groups in total. The molecule has 0 saturated heterocycles. The van der Waals surface area contributed by atoms with Crippen LogP contribution in [-0.4, -0.2) is 13.7 Å². The standard InChI is InChI=1S/C17H20ClNO2/c1-3-21-15-7-4-12(5-8-15)16(19)11-13-10-14(18)6-9-17(13)20-2/h4-10,16H,3,11,19H2,1-2H3. The molecule has 1 atom stereocenters. The molecule has 0 aromatic heterocycles. The molecule has 0 saturated carbocycles. The fourth-order valence-corrected chi connectivity index (χ4v) is 2.43. The van der Waals surface area contributed by atoms with Gasteiger partial charge in [0.15, 0.2) is 0 Å². The van der Waals surface area contributed by atoms with E-state index in [0.29, 0.717) is 18.1 Å². The summed E-state index contributed by atoms with van der Waals surface area (Å²) in [5.74, 6) is 1.66. The van der Waals surface area contributed by atoms with Crippen LogP contribution in [0.25, 0.3) is 0 Å². The van der Waals surface area contributed by atoms with Crippen LogP contribution in [0.1, 0.15) is 24.1 Å². The average Bonchev–Trinajstić information content (AvgIpc) is 2.48. The molecule has 0 bridgehead atoms. The first kappa shape index (κ1) is 15.7. The van der Waals surface area contributed by atoms with Crippen LogP contribution in [0, 0.1) is 0 Å². The maximum atomic E-state index is 6.29. The molecule has 0 aliphatic heterocycles. The summed E-state index contributed by atoms with van der Waals surface area (Å²) < 4.78 is 10.8. The second-order valence-electron chi connectivity index (χ2n) is 4.77. The fraction of sp³-hybridized carbons (Fsp3) is 0.294. The molecule has 0 aliphatic rings. The Bertz CT molecular complexity index is 584. The van der Waals surface area contributed by atoms with Crippen LogP contribution in [0.15, 0.2) is 42.5 Å². The fourth-order valence-electron chi connectivity index (χ4n) is 2.24. The summed E-state index contributed by atoms with van der Waals surface area (Å²) in [6, 6.07) is 13.3. The predicted molar refractivity (Wildman–Crippen MR) is 86.2 cm³/mol. The topological polar surface area (TPSA) is 44.5 Å². The number of hydrogen-bond acceptors (Lipinski definition) is 3. The summed E-state index contributed by atoms with van der Waals surface area (Å²) in [5.41, 5.74) is 8.35. The molecule has 3 nitrogen and oxygen atoms in total. The third-order valence-electron chi connectivity index (χ3n) is 3.30. The Morgan fingerprint density at radius 1 is 1.14 bits per heavy atom. The summed E-state index contributed by atoms with van der Waals surface area (Å²) in [6.45, 7) is 2.62. The van der Waals surface area contributed by atoms with Gasteiger partial charge in [-0.3, -0.25) is 0 Å². The van der Waals surface area contributed by atoms with Gasteiger partial charge in [0.25, 0.3) is 0 Å². The lowest BCUT2D eigenvalue weighted by Gasteiger charge is -2.15. The molecule has 1 unspecified atom stereocenters.